The molecule has 1 rings (SSSR count). The van der Waals surface area contributed by atoms with Crippen LogP contribution in [0.4, 0.5) is 0 Å². The Kier molecular flexibility index (Phi) is 6.49. The predicted octanol–water partition coefficient (Wildman–Crippen LogP) is 3.07. The fraction of sp³-hybridized carbons (Fsp3) is 0.625. The number of benzene rings is 1. The molecule has 0 bridgehead atoms. The summed E-state index contributed by atoms with van der Waals surface area (Å²) >= 11 is 0. The molecule has 3 nitrogen and oxygen atoms in total. The van der Waals surface area contributed by atoms with Crippen LogP contribution in [0.3, 0.4) is 0 Å². The summed E-state index contributed by atoms with van der Waals surface area (Å²) in [7, 11) is 0. The van der Waals surface area contributed by atoms with Gasteiger partial charge in [0, 0.05) is 18.8 Å². The van der Waals surface area contributed by atoms with Gasteiger partial charge in [-0.3, -0.25) is 0 Å². The van der Waals surface area contributed by atoms with E-state index in [9.17, 15) is 0 Å². The van der Waals surface area contributed by atoms with Crippen LogP contribution in [0.5, 0.6) is 0 Å². The first-order chi connectivity index (χ1) is 9.07. The van der Waals surface area contributed by atoms with Gasteiger partial charge < -0.3 is 15.2 Å². The van der Waals surface area contributed by atoms with E-state index in [1.54, 1.807) is 0 Å². The Morgan fingerprint density at radius 3 is 1.95 bits per heavy atom. The van der Waals surface area contributed by atoms with E-state index in [1.165, 1.54) is 5.56 Å². The maximum absolute atomic E-state index is 5.88. The normalized spacial score (nSPS) is 12.1. The fourth-order valence-electron chi connectivity index (χ4n) is 2.28. The molecule has 0 unspecified atom stereocenters. The zero-order valence-electron chi connectivity index (χ0n) is 12.6. The van der Waals surface area contributed by atoms with Crippen LogP contribution in [-0.2, 0) is 21.7 Å². The lowest BCUT2D eigenvalue weighted by Crippen LogP contribution is -2.41. The van der Waals surface area contributed by atoms with E-state index in [0.29, 0.717) is 25.7 Å². The van der Waals surface area contributed by atoms with Crippen molar-refractivity contribution in [2.45, 2.75) is 39.9 Å². The lowest BCUT2D eigenvalue weighted by molar-refractivity contribution is -0.235. The summed E-state index contributed by atoms with van der Waals surface area (Å²) in [6.07, 6.45) is 1.08. The molecule has 108 valence electrons. The van der Waals surface area contributed by atoms with Crippen molar-refractivity contribution in [1.82, 2.24) is 0 Å². The zero-order valence-corrected chi connectivity index (χ0v) is 12.6. The van der Waals surface area contributed by atoms with Crippen molar-refractivity contribution < 1.29 is 9.47 Å². The molecule has 0 atom stereocenters. The van der Waals surface area contributed by atoms with Crippen LogP contribution < -0.4 is 5.73 Å². The number of nitrogens with two attached hydrogens (primary N) is 1. The lowest BCUT2D eigenvalue weighted by Gasteiger charge is -2.32. The highest BCUT2D eigenvalue weighted by Crippen LogP contribution is 2.27. The number of hydrogen-bond acceptors (Lipinski definition) is 3. The van der Waals surface area contributed by atoms with E-state index in [0.717, 1.165) is 12.0 Å². The smallest absolute Gasteiger partial charge is 0.207 e. The van der Waals surface area contributed by atoms with Gasteiger partial charge in [-0.25, -0.2) is 0 Å². The molecular formula is C16H27NO2. The first-order valence-electron chi connectivity index (χ1n) is 7.15. The van der Waals surface area contributed by atoms with E-state index in [1.807, 2.05) is 13.8 Å². The third-order valence-electron chi connectivity index (χ3n) is 3.06. The van der Waals surface area contributed by atoms with E-state index in [-0.39, 0.29) is 0 Å². The average Bonchev–Trinajstić information content (AvgIpc) is 2.38. The van der Waals surface area contributed by atoms with E-state index in [2.05, 4.69) is 38.1 Å². The highest BCUT2D eigenvalue weighted by atomic mass is 16.7. The van der Waals surface area contributed by atoms with Crippen LogP contribution in [0.25, 0.3) is 0 Å². The van der Waals surface area contributed by atoms with Gasteiger partial charge in [0.2, 0.25) is 5.79 Å². The molecule has 0 fully saturated rings. The second kappa shape index (κ2) is 7.63. The van der Waals surface area contributed by atoms with Gasteiger partial charge in [0.1, 0.15) is 0 Å². The van der Waals surface area contributed by atoms with Crippen LogP contribution in [0, 0.1) is 5.92 Å². The molecule has 0 aromatic heterocycles. The third-order valence-corrected chi connectivity index (χ3v) is 3.06. The van der Waals surface area contributed by atoms with Crippen molar-refractivity contribution in [2.75, 3.05) is 19.8 Å². The van der Waals surface area contributed by atoms with Crippen molar-refractivity contribution in [3.8, 4) is 0 Å². The van der Waals surface area contributed by atoms with Crippen LogP contribution in [0.15, 0.2) is 24.3 Å². The second-order valence-corrected chi connectivity index (χ2v) is 5.12. The van der Waals surface area contributed by atoms with Crippen molar-refractivity contribution in [3.05, 3.63) is 35.4 Å². The lowest BCUT2D eigenvalue weighted by atomic mass is 9.98. The summed E-state index contributed by atoms with van der Waals surface area (Å²) in [5, 5.41) is 0. The van der Waals surface area contributed by atoms with Crippen LogP contribution in [0.2, 0.25) is 0 Å². The highest BCUT2D eigenvalue weighted by molar-refractivity contribution is 5.26. The summed E-state index contributed by atoms with van der Waals surface area (Å²) in [5.41, 5.74) is 8.20. The maximum atomic E-state index is 5.88. The molecule has 0 aliphatic carbocycles. The SMILES string of the molecule is CCOC(CN)(OCC)c1ccc(CC(C)C)cc1. The van der Waals surface area contributed by atoms with Gasteiger partial charge in [0.25, 0.3) is 0 Å². The molecule has 1 aromatic carbocycles. The molecule has 3 heteroatoms. The van der Waals surface area contributed by atoms with Crippen LogP contribution in [-0.4, -0.2) is 19.8 Å². The van der Waals surface area contributed by atoms with E-state index < -0.39 is 5.79 Å². The minimum Gasteiger partial charge on any atom is -0.345 e. The molecule has 0 saturated heterocycles. The van der Waals surface area contributed by atoms with Gasteiger partial charge in [0.15, 0.2) is 0 Å². The molecule has 1 aromatic rings. The molecule has 19 heavy (non-hydrogen) atoms. The molecule has 0 heterocycles. The summed E-state index contributed by atoms with van der Waals surface area (Å²) in [6.45, 7) is 9.82. The fourth-order valence-corrected chi connectivity index (χ4v) is 2.28. The quantitative estimate of drug-likeness (QED) is 0.735. The average molecular weight is 265 g/mol. The summed E-state index contributed by atoms with van der Waals surface area (Å²) < 4.78 is 11.6. The number of hydrogen-bond donors (Lipinski definition) is 1. The summed E-state index contributed by atoms with van der Waals surface area (Å²) in [5.74, 6) is -0.149. The molecular weight excluding hydrogens is 238 g/mol. The Morgan fingerprint density at radius 2 is 1.58 bits per heavy atom. The van der Waals surface area contributed by atoms with Crippen molar-refractivity contribution in [1.29, 1.82) is 0 Å². The van der Waals surface area contributed by atoms with Gasteiger partial charge in [-0.15, -0.1) is 0 Å². The van der Waals surface area contributed by atoms with Gasteiger partial charge in [-0.1, -0.05) is 38.1 Å². The van der Waals surface area contributed by atoms with Gasteiger partial charge in [-0.05, 0) is 31.7 Å². The zero-order chi connectivity index (χ0) is 14.3. The Hall–Kier alpha value is -0.900. The third kappa shape index (κ3) is 4.30. The Morgan fingerprint density at radius 1 is 1.05 bits per heavy atom. The Balaban J connectivity index is 2.96. The van der Waals surface area contributed by atoms with Crippen molar-refractivity contribution >= 4 is 0 Å². The summed E-state index contributed by atoms with van der Waals surface area (Å²) in [4.78, 5) is 0. The first-order valence-corrected chi connectivity index (χ1v) is 7.15. The molecule has 0 saturated carbocycles. The Labute approximate surface area is 117 Å². The number of ether oxygens (including phenoxy) is 2. The van der Waals surface area contributed by atoms with E-state index >= 15 is 0 Å². The van der Waals surface area contributed by atoms with Gasteiger partial charge in [0.05, 0.1) is 6.54 Å². The first kappa shape index (κ1) is 16.2. The van der Waals surface area contributed by atoms with Crippen LogP contribution in [0.1, 0.15) is 38.8 Å². The van der Waals surface area contributed by atoms with E-state index in [4.69, 9.17) is 15.2 Å². The predicted molar refractivity (Wildman–Crippen MR) is 79.0 cm³/mol. The monoisotopic (exact) mass is 265 g/mol. The minimum atomic E-state index is -0.806. The maximum Gasteiger partial charge on any atom is 0.207 e. The second-order valence-electron chi connectivity index (χ2n) is 5.12. The molecule has 0 radical (unpaired) electrons. The van der Waals surface area contributed by atoms with Crippen molar-refractivity contribution in [3.63, 3.8) is 0 Å². The molecule has 0 spiro atoms. The number of rotatable bonds is 8. The molecule has 0 amide bonds. The highest BCUT2D eigenvalue weighted by Gasteiger charge is 2.32. The van der Waals surface area contributed by atoms with Crippen LogP contribution >= 0.6 is 0 Å². The van der Waals surface area contributed by atoms with Gasteiger partial charge >= 0.3 is 0 Å². The van der Waals surface area contributed by atoms with Gasteiger partial charge in [-0.2, -0.15) is 0 Å². The minimum absolute atomic E-state index is 0.318. The van der Waals surface area contributed by atoms with Crippen molar-refractivity contribution in [2.24, 2.45) is 11.7 Å². The largest absolute Gasteiger partial charge is 0.345 e. The summed E-state index contributed by atoms with van der Waals surface area (Å²) in [6, 6.07) is 8.40. The molecule has 0 aliphatic heterocycles. The topological polar surface area (TPSA) is 44.5 Å². The molecule has 0 aliphatic rings. The molecule has 2 N–H and O–H groups in total. The standard InChI is InChI=1S/C16H27NO2/c1-5-18-16(12-17,19-6-2)15-9-7-14(8-10-15)11-13(3)4/h7-10,13H,5-6,11-12,17H2,1-4H3. The Bertz CT molecular complexity index is 354.